The van der Waals surface area contributed by atoms with Crippen molar-refractivity contribution in [2.45, 2.75) is 57.2 Å². The molecule has 1 saturated heterocycles. The van der Waals surface area contributed by atoms with Gasteiger partial charge in [0.05, 0.1) is 11.0 Å². The van der Waals surface area contributed by atoms with Crippen molar-refractivity contribution in [2.75, 3.05) is 13.1 Å². The fourth-order valence-corrected chi connectivity index (χ4v) is 6.48. The minimum atomic E-state index is -4.61. The molecule has 1 aromatic carbocycles. The van der Waals surface area contributed by atoms with Crippen LogP contribution >= 0.6 is 0 Å². The summed E-state index contributed by atoms with van der Waals surface area (Å²) in [7, 11) is 1.89. The summed E-state index contributed by atoms with van der Waals surface area (Å²) in [5, 5.41) is 8.34. The number of nitrogens with one attached hydrogen (secondary N) is 1. The van der Waals surface area contributed by atoms with Crippen LogP contribution in [0.1, 0.15) is 61.7 Å². The maximum absolute atomic E-state index is 14.3. The van der Waals surface area contributed by atoms with Crippen molar-refractivity contribution in [2.24, 2.45) is 13.0 Å². The van der Waals surface area contributed by atoms with Crippen LogP contribution in [-0.2, 0) is 25.2 Å². The summed E-state index contributed by atoms with van der Waals surface area (Å²) in [4.78, 5) is 18.9. The smallest absolute Gasteiger partial charge is 0.353 e. The summed E-state index contributed by atoms with van der Waals surface area (Å²) in [6, 6.07) is 8.76. The van der Waals surface area contributed by atoms with Crippen LogP contribution in [0.3, 0.4) is 0 Å². The van der Waals surface area contributed by atoms with Gasteiger partial charge >= 0.3 is 6.18 Å². The predicted octanol–water partition coefficient (Wildman–Crippen LogP) is 5.17. The number of aryl methyl sites for hydroxylation is 1. The Balaban J connectivity index is 1.46. The van der Waals surface area contributed by atoms with E-state index in [4.69, 9.17) is 0 Å². The molecule has 4 heterocycles. The number of halogens is 3. The van der Waals surface area contributed by atoms with E-state index in [1.54, 1.807) is 18.5 Å². The van der Waals surface area contributed by atoms with E-state index in [-0.39, 0.29) is 10.9 Å². The highest BCUT2D eigenvalue weighted by molar-refractivity contribution is 5.84. The van der Waals surface area contributed by atoms with Crippen molar-refractivity contribution in [1.29, 1.82) is 0 Å². The lowest BCUT2D eigenvalue weighted by atomic mass is 9.58. The minimum Gasteiger partial charge on any atom is -0.353 e. The van der Waals surface area contributed by atoms with Crippen LogP contribution in [0.5, 0.6) is 0 Å². The normalized spacial score (nSPS) is 22.6. The van der Waals surface area contributed by atoms with Crippen molar-refractivity contribution >= 4 is 10.9 Å². The van der Waals surface area contributed by atoms with Crippen molar-refractivity contribution in [3.05, 3.63) is 75.9 Å². The predicted molar refractivity (Wildman–Crippen MR) is 138 cm³/mol. The van der Waals surface area contributed by atoms with Gasteiger partial charge in [0, 0.05) is 36.6 Å². The molecule has 4 aromatic rings. The van der Waals surface area contributed by atoms with E-state index < -0.39 is 22.7 Å². The zero-order valence-electron chi connectivity index (χ0n) is 21.6. The second-order valence-corrected chi connectivity index (χ2v) is 11.0. The Kier molecular flexibility index (Phi) is 5.97. The van der Waals surface area contributed by atoms with E-state index in [1.807, 2.05) is 23.7 Å². The maximum Gasteiger partial charge on any atom is 0.418 e. The lowest BCUT2D eigenvalue weighted by Crippen LogP contribution is -2.43. The maximum atomic E-state index is 14.3. The molecule has 1 aliphatic carbocycles. The van der Waals surface area contributed by atoms with Crippen molar-refractivity contribution in [3.63, 3.8) is 0 Å². The van der Waals surface area contributed by atoms with E-state index in [0.29, 0.717) is 23.8 Å². The Hall–Kier alpha value is -3.40. The molecule has 200 valence electrons. The minimum absolute atomic E-state index is 0.0162. The fraction of sp³-hybridized carbons (Fsp3) is 0.464. The zero-order valence-corrected chi connectivity index (χ0v) is 21.6. The van der Waals surface area contributed by atoms with Crippen LogP contribution in [0, 0.1) is 5.92 Å². The number of aromatic amines is 1. The molecule has 0 atom stereocenters. The number of alkyl halides is 3. The number of rotatable bonds is 5. The third kappa shape index (κ3) is 4.15. The summed E-state index contributed by atoms with van der Waals surface area (Å²) in [6.45, 7) is 4.48. The number of aromatic nitrogens is 5. The largest absolute Gasteiger partial charge is 0.418 e. The van der Waals surface area contributed by atoms with Crippen LogP contribution in [0.2, 0.25) is 0 Å². The molecule has 0 spiro atoms. The fourth-order valence-electron chi connectivity index (χ4n) is 6.48. The van der Waals surface area contributed by atoms with E-state index in [1.165, 1.54) is 12.5 Å². The highest BCUT2D eigenvalue weighted by Gasteiger charge is 2.48. The molecule has 0 unspecified atom stereocenters. The molecule has 7 nitrogen and oxygen atoms in total. The SMILES string of the molecule is CC1CC(c2cccc(-n3cc(C(F)(F)F)c4cc(CN5CCCCC5)[nH]c4c3=O)c2)(c2nncn2C)C1. The number of pyridine rings is 1. The zero-order chi connectivity index (χ0) is 26.7. The number of likely N-dealkylation sites (tertiary alicyclic amines) is 1. The average molecular weight is 525 g/mol. The van der Waals surface area contributed by atoms with Crippen LogP contribution in [0.4, 0.5) is 13.2 Å². The Morgan fingerprint density at radius 2 is 1.89 bits per heavy atom. The molecule has 38 heavy (non-hydrogen) atoms. The molecule has 2 fully saturated rings. The molecule has 1 saturated carbocycles. The summed E-state index contributed by atoms with van der Waals surface area (Å²) in [6.07, 6.45) is 3.01. The molecule has 0 amide bonds. The Morgan fingerprint density at radius 3 is 2.55 bits per heavy atom. The molecule has 0 radical (unpaired) electrons. The highest BCUT2D eigenvalue weighted by atomic mass is 19.4. The van der Waals surface area contributed by atoms with Gasteiger partial charge in [0.15, 0.2) is 0 Å². The van der Waals surface area contributed by atoms with Gasteiger partial charge in [-0.15, -0.1) is 10.2 Å². The molecule has 1 N–H and O–H groups in total. The van der Waals surface area contributed by atoms with Crippen molar-refractivity contribution < 1.29 is 13.2 Å². The van der Waals surface area contributed by atoms with Gasteiger partial charge in [-0.25, -0.2) is 0 Å². The van der Waals surface area contributed by atoms with Gasteiger partial charge in [-0.2, -0.15) is 13.2 Å². The Labute approximate surface area is 218 Å². The van der Waals surface area contributed by atoms with Crippen LogP contribution < -0.4 is 5.56 Å². The Morgan fingerprint density at radius 1 is 1.13 bits per heavy atom. The number of hydrogen-bond donors (Lipinski definition) is 1. The monoisotopic (exact) mass is 524 g/mol. The van der Waals surface area contributed by atoms with Crippen LogP contribution in [0.15, 0.2) is 47.7 Å². The van der Waals surface area contributed by atoms with Gasteiger partial charge in [-0.3, -0.25) is 14.3 Å². The summed E-state index contributed by atoms with van der Waals surface area (Å²) in [5.74, 6) is 1.29. The number of nitrogens with zero attached hydrogens (tertiary/aromatic N) is 5. The summed E-state index contributed by atoms with van der Waals surface area (Å²) in [5.41, 5.74) is 0.215. The van der Waals surface area contributed by atoms with E-state index >= 15 is 0 Å². The van der Waals surface area contributed by atoms with Gasteiger partial charge in [0.1, 0.15) is 17.7 Å². The van der Waals surface area contributed by atoms with Gasteiger partial charge < -0.3 is 9.55 Å². The molecular formula is C28H31F3N6O. The molecule has 6 rings (SSSR count). The van der Waals surface area contributed by atoms with E-state index in [0.717, 1.165) is 60.9 Å². The van der Waals surface area contributed by atoms with Gasteiger partial charge in [-0.05, 0) is 68.5 Å². The first-order valence-electron chi connectivity index (χ1n) is 13.2. The number of fused-ring (bicyclic) bond motifs is 1. The van der Waals surface area contributed by atoms with Gasteiger partial charge in [0.2, 0.25) is 0 Å². The lowest BCUT2D eigenvalue weighted by molar-refractivity contribution is -0.136. The number of piperidine rings is 1. The third-order valence-corrected chi connectivity index (χ3v) is 8.21. The lowest BCUT2D eigenvalue weighted by Gasteiger charge is -2.46. The number of benzene rings is 1. The molecule has 3 aromatic heterocycles. The topological polar surface area (TPSA) is 71.7 Å². The molecular weight excluding hydrogens is 493 g/mol. The first kappa shape index (κ1) is 24.9. The van der Waals surface area contributed by atoms with Crippen molar-refractivity contribution in [1.82, 2.24) is 29.2 Å². The van der Waals surface area contributed by atoms with Gasteiger partial charge in [0.25, 0.3) is 5.56 Å². The molecule has 10 heteroatoms. The quantitative estimate of drug-likeness (QED) is 0.391. The van der Waals surface area contributed by atoms with Crippen LogP contribution in [-0.4, -0.2) is 42.3 Å². The van der Waals surface area contributed by atoms with E-state index in [2.05, 4.69) is 27.0 Å². The van der Waals surface area contributed by atoms with Crippen LogP contribution in [0.25, 0.3) is 16.6 Å². The third-order valence-electron chi connectivity index (χ3n) is 8.21. The van der Waals surface area contributed by atoms with Gasteiger partial charge in [-0.1, -0.05) is 25.5 Å². The molecule has 1 aliphatic heterocycles. The standard InChI is InChI=1S/C28H31F3N6O/c1-18-13-27(14-18,26-34-32-17-35(26)2)19-7-6-8-21(11-19)37-16-23(28(29,30)31)22-12-20(33-24(22)25(37)38)15-36-9-4-3-5-10-36/h6-8,11-12,16-18,33H,3-5,9-10,13-15H2,1-2H3. The first-order chi connectivity index (χ1) is 18.2. The van der Waals surface area contributed by atoms with Crippen molar-refractivity contribution in [3.8, 4) is 5.69 Å². The molecule has 2 aliphatic rings. The van der Waals surface area contributed by atoms with E-state index in [9.17, 15) is 18.0 Å². The molecule has 0 bridgehead atoms. The summed E-state index contributed by atoms with van der Waals surface area (Å²) < 4.78 is 45.8. The number of H-pyrrole nitrogens is 1. The first-order valence-corrected chi connectivity index (χ1v) is 13.2. The Bertz CT molecular complexity index is 1540. The second kappa shape index (κ2) is 9.11. The average Bonchev–Trinajstić information content (AvgIpc) is 3.48. The summed E-state index contributed by atoms with van der Waals surface area (Å²) >= 11 is 0. The highest BCUT2D eigenvalue weighted by Crippen LogP contribution is 2.51. The second-order valence-electron chi connectivity index (χ2n) is 11.0. The number of hydrogen-bond acceptors (Lipinski definition) is 4.